The summed E-state index contributed by atoms with van der Waals surface area (Å²) < 4.78 is 0. The topological polar surface area (TPSA) is 90.9 Å². The number of amidine groups is 1. The molecule has 0 spiro atoms. The summed E-state index contributed by atoms with van der Waals surface area (Å²) in [6, 6.07) is 9.78. The summed E-state index contributed by atoms with van der Waals surface area (Å²) in [6.45, 7) is 1.59. The van der Waals surface area contributed by atoms with Gasteiger partial charge in [0, 0.05) is 25.1 Å². The van der Waals surface area contributed by atoms with Crippen molar-refractivity contribution in [2.45, 2.75) is 31.6 Å². The fourth-order valence-electron chi connectivity index (χ4n) is 3.15. The van der Waals surface area contributed by atoms with Crippen molar-refractivity contribution in [3.8, 4) is 0 Å². The Labute approximate surface area is 125 Å². The number of nitrogens with two attached hydrogens (primary N) is 1. The molecule has 0 bridgehead atoms. The molecule has 2 rings (SSSR count). The predicted octanol–water partition coefficient (Wildman–Crippen LogP) is 1.66. The molecule has 0 saturated heterocycles. The molecule has 116 valence electrons. The summed E-state index contributed by atoms with van der Waals surface area (Å²) in [6.07, 6.45) is 4.50. The number of nitrogens with one attached hydrogen (secondary N) is 1. The Hall–Kier alpha value is -1.59. The Bertz CT molecular complexity index is 456. The zero-order chi connectivity index (χ0) is 15.1. The first-order valence-corrected chi connectivity index (χ1v) is 7.55. The van der Waals surface area contributed by atoms with E-state index in [0.717, 1.165) is 24.9 Å². The van der Waals surface area contributed by atoms with Gasteiger partial charge in [0.2, 0.25) is 0 Å². The van der Waals surface area contributed by atoms with Crippen LogP contribution in [0.3, 0.4) is 0 Å². The van der Waals surface area contributed by atoms with Crippen LogP contribution in [-0.2, 0) is 0 Å². The van der Waals surface area contributed by atoms with Crippen molar-refractivity contribution >= 4 is 5.84 Å². The minimum atomic E-state index is -0.159. The van der Waals surface area contributed by atoms with Gasteiger partial charge in [0.1, 0.15) is 5.84 Å². The van der Waals surface area contributed by atoms with Crippen molar-refractivity contribution in [2.75, 3.05) is 19.7 Å². The molecule has 5 N–H and O–H groups in total. The summed E-state index contributed by atoms with van der Waals surface area (Å²) in [4.78, 5) is 0. The van der Waals surface area contributed by atoms with Crippen LogP contribution < -0.4 is 11.1 Å². The van der Waals surface area contributed by atoms with Gasteiger partial charge in [-0.05, 0) is 18.4 Å². The monoisotopic (exact) mass is 291 g/mol. The maximum atomic E-state index is 9.63. The first-order chi connectivity index (χ1) is 10.2. The van der Waals surface area contributed by atoms with E-state index >= 15 is 0 Å². The van der Waals surface area contributed by atoms with Gasteiger partial charge in [0.15, 0.2) is 0 Å². The molecule has 1 aliphatic carbocycles. The lowest BCUT2D eigenvalue weighted by molar-refractivity contribution is 0.128. The molecule has 0 aromatic heterocycles. The number of rotatable bonds is 7. The molecular weight excluding hydrogens is 266 g/mol. The molecule has 0 amide bonds. The number of nitrogens with zero attached hydrogens (tertiary/aromatic N) is 1. The van der Waals surface area contributed by atoms with Gasteiger partial charge in [-0.1, -0.05) is 48.3 Å². The van der Waals surface area contributed by atoms with Crippen LogP contribution in [0.15, 0.2) is 35.5 Å². The second kappa shape index (κ2) is 7.43. The van der Waals surface area contributed by atoms with E-state index in [2.05, 4.69) is 10.5 Å². The molecule has 1 aromatic rings. The Kier molecular flexibility index (Phi) is 5.59. The van der Waals surface area contributed by atoms with Crippen LogP contribution in [0.4, 0.5) is 0 Å². The van der Waals surface area contributed by atoms with Crippen LogP contribution in [-0.4, -0.2) is 35.8 Å². The first kappa shape index (κ1) is 15.8. The van der Waals surface area contributed by atoms with Crippen LogP contribution in [0.2, 0.25) is 0 Å². The summed E-state index contributed by atoms with van der Waals surface area (Å²) in [5.41, 5.74) is 6.84. The third-order valence-electron chi connectivity index (χ3n) is 4.52. The zero-order valence-corrected chi connectivity index (χ0v) is 12.3. The second-order valence-corrected chi connectivity index (χ2v) is 5.98. The molecular formula is C16H25N3O2. The average molecular weight is 291 g/mol. The van der Waals surface area contributed by atoms with Crippen molar-refractivity contribution in [1.82, 2.24) is 5.32 Å². The lowest BCUT2D eigenvalue weighted by Crippen LogP contribution is -2.39. The van der Waals surface area contributed by atoms with Gasteiger partial charge in [-0.2, -0.15) is 0 Å². The second-order valence-electron chi connectivity index (χ2n) is 5.98. The van der Waals surface area contributed by atoms with E-state index in [9.17, 15) is 5.11 Å². The van der Waals surface area contributed by atoms with Crippen molar-refractivity contribution in [1.29, 1.82) is 0 Å². The molecule has 21 heavy (non-hydrogen) atoms. The molecule has 0 heterocycles. The molecule has 1 fully saturated rings. The van der Waals surface area contributed by atoms with E-state index in [1.807, 2.05) is 30.3 Å². The number of hydrogen-bond acceptors (Lipinski definition) is 4. The Balaban J connectivity index is 1.97. The van der Waals surface area contributed by atoms with Crippen LogP contribution in [0, 0.1) is 5.41 Å². The summed E-state index contributed by atoms with van der Waals surface area (Å²) in [5.74, 6) is 0.0477. The average Bonchev–Trinajstić information content (AvgIpc) is 3.01. The van der Waals surface area contributed by atoms with E-state index in [1.165, 1.54) is 12.8 Å². The molecule has 1 saturated carbocycles. The van der Waals surface area contributed by atoms with Gasteiger partial charge < -0.3 is 21.4 Å². The van der Waals surface area contributed by atoms with Gasteiger partial charge in [0.05, 0.1) is 5.92 Å². The van der Waals surface area contributed by atoms with Crippen LogP contribution in [0.25, 0.3) is 0 Å². The number of aliphatic hydroxyl groups excluding tert-OH is 1. The zero-order valence-electron chi connectivity index (χ0n) is 12.3. The maximum absolute atomic E-state index is 9.63. The van der Waals surface area contributed by atoms with Gasteiger partial charge >= 0.3 is 0 Å². The Morgan fingerprint density at radius 3 is 2.52 bits per heavy atom. The molecule has 5 nitrogen and oxygen atoms in total. The third-order valence-corrected chi connectivity index (χ3v) is 4.52. The Morgan fingerprint density at radius 2 is 1.95 bits per heavy atom. The van der Waals surface area contributed by atoms with Crippen molar-refractivity contribution < 1.29 is 10.3 Å². The highest BCUT2D eigenvalue weighted by atomic mass is 16.4. The predicted molar refractivity (Wildman–Crippen MR) is 83.4 cm³/mol. The quantitative estimate of drug-likeness (QED) is 0.266. The standard InChI is InChI=1S/C16H25N3O2/c17-15(19-21)14(13-6-2-1-3-7-13)10-18-11-16(12-20)8-4-5-9-16/h1-3,6-7,14,18,20-21H,4-5,8-12H2,(H2,17,19). The fraction of sp³-hybridized carbons (Fsp3) is 0.562. The van der Waals surface area contributed by atoms with E-state index < -0.39 is 0 Å². The van der Waals surface area contributed by atoms with E-state index in [-0.39, 0.29) is 23.8 Å². The lowest BCUT2D eigenvalue weighted by Gasteiger charge is -2.28. The number of aliphatic hydroxyl groups is 1. The molecule has 0 aliphatic heterocycles. The fourth-order valence-corrected chi connectivity index (χ4v) is 3.15. The van der Waals surface area contributed by atoms with E-state index in [1.54, 1.807) is 0 Å². The van der Waals surface area contributed by atoms with Crippen LogP contribution >= 0.6 is 0 Å². The summed E-state index contributed by atoms with van der Waals surface area (Å²) in [5, 5.41) is 25.2. The molecule has 1 atom stereocenters. The van der Waals surface area contributed by atoms with Gasteiger partial charge in [-0.25, -0.2) is 0 Å². The third kappa shape index (κ3) is 3.95. The molecule has 1 aromatic carbocycles. The maximum Gasteiger partial charge on any atom is 0.147 e. The smallest absolute Gasteiger partial charge is 0.147 e. The molecule has 5 heteroatoms. The number of benzene rings is 1. The molecule has 1 unspecified atom stereocenters. The Morgan fingerprint density at radius 1 is 1.29 bits per heavy atom. The highest BCUT2D eigenvalue weighted by Gasteiger charge is 2.33. The molecule has 1 aliphatic rings. The minimum absolute atomic E-state index is 0.00631. The van der Waals surface area contributed by atoms with Crippen LogP contribution in [0.1, 0.15) is 37.2 Å². The minimum Gasteiger partial charge on any atom is -0.409 e. The van der Waals surface area contributed by atoms with E-state index in [0.29, 0.717) is 6.54 Å². The van der Waals surface area contributed by atoms with Gasteiger partial charge in [-0.3, -0.25) is 0 Å². The highest BCUT2D eigenvalue weighted by Crippen LogP contribution is 2.36. The lowest BCUT2D eigenvalue weighted by atomic mass is 9.87. The number of oxime groups is 1. The van der Waals surface area contributed by atoms with Crippen molar-refractivity contribution in [3.63, 3.8) is 0 Å². The number of hydrogen-bond donors (Lipinski definition) is 4. The summed E-state index contributed by atoms with van der Waals surface area (Å²) >= 11 is 0. The van der Waals surface area contributed by atoms with Crippen molar-refractivity contribution in [3.05, 3.63) is 35.9 Å². The van der Waals surface area contributed by atoms with Gasteiger partial charge in [0.25, 0.3) is 0 Å². The first-order valence-electron chi connectivity index (χ1n) is 7.55. The normalized spacial score (nSPS) is 19.6. The largest absolute Gasteiger partial charge is 0.409 e. The van der Waals surface area contributed by atoms with Crippen LogP contribution in [0.5, 0.6) is 0 Å². The SMILES string of the molecule is N/C(=N/O)C(CNCC1(CO)CCCC1)c1ccccc1. The highest BCUT2D eigenvalue weighted by molar-refractivity contribution is 5.87. The molecule has 0 radical (unpaired) electrons. The summed E-state index contributed by atoms with van der Waals surface area (Å²) in [7, 11) is 0. The van der Waals surface area contributed by atoms with Gasteiger partial charge in [-0.15, -0.1) is 0 Å². The van der Waals surface area contributed by atoms with Crippen molar-refractivity contribution in [2.24, 2.45) is 16.3 Å². The van der Waals surface area contributed by atoms with E-state index in [4.69, 9.17) is 10.9 Å².